The van der Waals surface area contributed by atoms with E-state index in [1.165, 1.54) is 11.3 Å². The van der Waals surface area contributed by atoms with E-state index >= 15 is 0 Å². The van der Waals surface area contributed by atoms with Gasteiger partial charge in [0, 0.05) is 40.9 Å². The predicted octanol–water partition coefficient (Wildman–Crippen LogP) is 5.21. The van der Waals surface area contributed by atoms with E-state index in [0.717, 1.165) is 34.8 Å². The van der Waals surface area contributed by atoms with Crippen molar-refractivity contribution in [1.82, 2.24) is 4.57 Å². The van der Waals surface area contributed by atoms with E-state index in [4.69, 9.17) is 9.73 Å². The molecular weight excluding hydrogens is 567 g/mol. The fraction of sp³-hybridized carbons (Fsp3) is 0.242. The number of rotatable bonds is 9. The number of hydrogen-bond acceptors (Lipinski definition) is 8. The van der Waals surface area contributed by atoms with Crippen LogP contribution in [0.4, 0.5) is 5.69 Å². The molecule has 1 aromatic heterocycles. The highest BCUT2D eigenvalue weighted by atomic mass is 32.2. The van der Waals surface area contributed by atoms with E-state index < -0.39 is 12.0 Å². The second-order valence-corrected chi connectivity index (χ2v) is 11.5. The van der Waals surface area contributed by atoms with Crippen LogP contribution in [0.15, 0.2) is 93.1 Å². The number of phenols is 1. The molecule has 0 saturated carbocycles. The Morgan fingerprint density at radius 2 is 1.79 bits per heavy atom. The standard InChI is InChI=1S/C33H33N3O4S2/c1-5-35(6-2)24-16-13-23(26(37)20-24)19-27-31(38)36-30(22-14-17-25(41-4)18-15-22)28(32(39)40-7-3)29(34-33(36)42-27)21-11-9-8-10-12-21/h8-20,30,37H,5-7H2,1-4H3/t30-/m1/s1. The minimum absolute atomic E-state index is 0.0895. The number of phenolic OH excluding ortho intramolecular Hbond substituents is 1. The molecule has 0 fully saturated rings. The van der Waals surface area contributed by atoms with Crippen LogP contribution in [0.5, 0.6) is 5.75 Å². The van der Waals surface area contributed by atoms with Gasteiger partial charge in [-0.15, -0.1) is 11.8 Å². The molecule has 0 saturated heterocycles. The van der Waals surface area contributed by atoms with Gasteiger partial charge in [-0.3, -0.25) is 9.36 Å². The van der Waals surface area contributed by atoms with Crippen LogP contribution in [0, 0.1) is 0 Å². The van der Waals surface area contributed by atoms with E-state index in [-0.39, 0.29) is 17.9 Å². The number of aromatic nitrogens is 1. The second kappa shape index (κ2) is 12.8. The first-order valence-corrected chi connectivity index (χ1v) is 15.9. The van der Waals surface area contributed by atoms with Crippen LogP contribution in [0.25, 0.3) is 11.8 Å². The van der Waals surface area contributed by atoms with E-state index in [1.54, 1.807) is 35.4 Å². The van der Waals surface area contributed by atoms with Crippen molar-refractivity contribution in [2.75, 3.05) is 30.9 Å². The fourth-order valence-electron chi connectivity index (χ4n) is 5.12. The molecule has 0 radical (unpaired) electrons. The lowest BCUT2D eigenvalue weighted by molar-refractivity contribution is -0.138. The Balaban J connectivity index is 1.75. The molecule has 42 heavy (non-hydrogen) atoms. The Morgan fingerprint density at radius 3 is 2.40 bits per heavy atom. The summed E-state index contributed by atoms with van der Waals surface area (Å²) in [5.74, 6) is -0.426. The lowest BCUT2D eigenvalue weighted by atomic mass is 9.93. The zero-order valence-electron chi connectivity index (χ0n) is 24.0. The summed E-state index contributed by atoms with van der Waals surface area (Å²) in [6.07, 6.45) is 3.69. The maximum atomic E-state index is 14.1. The average Bonchev–Trinajstić information content (AvgIpc) is 3.33. The SMILES string of the molecule is CCOC(=O)C1=C(c2ccccc2)N=c2sc(=Cc3ccc(N(CC)CC)cc3O)c(=O)n2[C@@H]1c1ccc(SC)cc1. The second-order valence-electron chi connectivity index (χ2n) is 9.62. The number of carbonyl (C=O) groups is 1. The normalized spacial score (nSPS) is 14.9. The molecular formula is C33H33N3O4S2. The van der Waals surface area contributed by atoms with Crippen molar-refractivity contribution in [3.8, 4) is 5.75 Å². The molecule has 0 unspecified atom stereocenters. The van der Waals surface area contributed by atoms with Crippen molar-refractivity contribution in [3.63, 3.8) is 0 Å². The number of esters is 1. The third-order valence-corrected chi connectivity index (χ3v) is 8.96. The summed E-state index contributed by atoms with van der Waals surface area (Å²) in [5.41, 5.74) is 3.48. The molecule has 1 N–H and O–H groups in total. The third kappa shape index (κ3) is 5.67. The number of aromatic hydroxyl groups is 1. The van der Waals surface area contributed by atoms with Gasteiger partial charge in [0.25, 0.3) is 5.56 Å². The number of nitrogens with zero attached hydrogens (tertiary/aromatic N) is 3. The van der Waals surface area contributed by atoms with Crippen molar-refractivity contribution in [2.45, 2.75) is 31.7 Å². The summed E-state index contributed by atoms with van der Waals surface area (Å²) >= 11 is 2.85. The molecule has 0 amide bonds. The number of hydrogen-bond donors (Lipinski definition) is 1. The Hall–Kier alpha value is -4.08. The first-order valence-electron chi connectivity index (χ1n) is 13.9. The van der Waals surface area contributed by atoms with Crippen LogP contribution in [0.2, 0.25) is 0 Å². The van der Waals surface area contributed by atoms with E-state index in [0.29, 0.717) is 26.2 Å². The summed E-state index contributed by atoms with van der Waals surface area (Å²) in [5, 5.41) is 10.9. The molecule has 0 bridgehead atoms. The Labute approximate surface area is 253 Å². The van der Waals surface area contributed by atoms with E-state index in [1.807, 2.05) is 73.0 Å². The predicted molar refractivity (Wildman–Crippen MR) is 171 cm³/mol. The molecule has 1 aliphatic rings. The maximum Gasteiger partial charge on any atom is 0.338 e. The molecule has 0 aliphatic carbocycles. The summed E-state index contributed by atoms with van der Waals surface area (Å²) < 4.78 is 7.51. The maximum absolute atomic E-state index is 14.1. The van der Waals surface area contributed by atoms with Crippen molar-refractivity contribution in [1.29, 1.82) is 0 Å². The molecule has 5 rings (SSSR count). The minimum Gasteiger partial charge on any atom is -0.507 e. The van der Waals surface area contributed by atoms with E-state index in [9.17, 15) is 14.7 Å². The van der Waals surface area contributed by atoms with Gasteiger partial charge in [-0.1, -0.05) is 53.8 Å². The van der Waals surface area contributed by atoms with Crippen LogP contribution in [0.1, 0.15) is 43.5 Å². The molecule has 4 aromatic rings. The summed E-state index contributed by atoms with van der Waals surface area (Å²) in [6, 6.07) is 22.1. The lowest BCUT2D eigenvalue weighted by Crippen LogP contribution is -2.40. The van der Waals surface area contributed by atoms with Gasteiger partial charge < -0.3 is 14.7 Å². The highest BCUT2D eigenvalue weighted by Crippen LogP contribution is 2.35. The zero-order chi connectivity index (χ0) is 29.8. The number of ether oxygens (including phenoxy) is 1. The lowest BCUT2D eigenvalue weighted by Gasteiger charge is -2.26. The van der Waals surface area contributed by atoms with Crippen LogP contribution in [-0.4, -0.2) is 41.6 Å². The van der Waals surface area contributed by atoms with Crippen LogP contribution < -0.4 is 19.8 Å². The molecule has 0 spiro atoms. The average molecular weight is 600 g/mol. The molecule has 7 nitrogen and oxygen atoms in total. The highest BCUT2D eigenvalue weighted by molar-refractivity contribution is 7.98. The number of thioether (sulfide) groups is 1. The van der Waals surface area contributed by atoms with Crippen LogP contribution in [0.3, 0.4) is 0 Å². The van der Waals surface area contributed by atoms with Crippen molar-refractivity contribution in [2.24, 2.45) is 4.99 Å². The minimum atomic E-state index is -0.743. The van der Waals surface area contributed by atoms with Gasteiger partial charge >= 0.3 is 5.97 Å². The fourth-order valence-corrected chi connectivity index (χ4v) is 6.52. The van der Waals surface area contributed by atoms with Gasteiger partial charge in [0.15, 0.2) is 4.80 Å². The number of carbonyl (C=O) groups excluding carboxylic acids is 1. The molecule has 216 valence electrons. The Morgan fingerprint density at radius 1 is 1.07 bits per heavy atom. The first kappa shape index (κ1) is 29.4. The summed E-state index contributed by atoms with van der Waals surface area (Å²) in [4.78, 5) is 36.2. The third-order valence-electron chi connectivity index (χ3n) is 7.23. The molecule has 1 aliphatic heterocycles. The Kier molecular flexibility index (Phi) is 8.99. The zero-order valence-corrected chi connectivity index (χ0v) is 25.7. The molecule has 9 heteroatoms. The van der Waals surface area contributed by atoms with Gasteiger partial charge in [0.2, 0.25) is 0 Å². The number of thiazole rings is 1. The number of fused-ring (bicyclic) bond motifs is 1. The largest absolute Gasteiger partial charge is 0.507 e. The van der Waals surface area contributed by atoms with Gasteiger partial charge in [0.05, 0.1) is 28.5 Å². The van der Waals surface area contributed by atoms with E-state index in [2.05, 4.69) is 18.7 Å². The molecule has 2 heterocycles. The van der Waals surface area contributed by atoms with Gasteiger partial charge in [-0.2, -0.15) is 0 Å². The van der Waals surface area contributed by atoms with Gasteiger partial charge in [0.1, 0.15) is 5.75 Å². The van der Waals surface area contributed by atoms with Gasteiger partial charge in [-0.05, 0) is 62.9 Å². The van der Waals surface area contributed by atoms with Crippen molar-refractivity contribution in [3.05, 3.63) is 115 Å². The summed E-state index contributed by atoms with van der Waals surface area (Å²) in [7, 11) is 0. The van der Waals surface area contributed by atoms with Crippen LogP contribution >= 0.6 is 23.1 Å². The highest BCUT2D eigenvalue weighted by Gasteiger charge is 2.35. The number of benzene rings is 3. The van der Waals surface area contributed by atoms with Crippen molar-refractivity contribution >= 4 is 46.5 Å². The summed E-state index contributed by atoms with van der Waals surface area (Å²) in [6.45, 7) is 7.71. The first-order chi connectivity index (χ1) is 20.4. The topological polar surface area (TPSA) is 84.1 Å². The smallest absolute Gasteiger partial charge is 0.338 e. The van der Waals surface area contributed by atoms with Crippen molar-refractivity contribution < 1.29 is 14.6 Å². The van der Waals surface area contributed by atoms with Crippen LogP contribution in [-0.2, 0) is 9.53 Å². The molecule has 3 aromatic carbocycles. The molecule has 1 atom stereocenters. The van der Waals surface area contributed by atoms with Gasteiger partial charge in [-0.25, -0.2) is 9.79 Å². The quantitative estimate of drug-likeness (QED) is 0.210. The monoisotopic (exact) mass is 599 g/mol. The Bertz CT molecular complexity index is 1800. The number of anilines is 1.